The summed E-state index contributed by atoms with van der Waals surface area (Å²) in [4.78, 5) is 14.7. The minimum Gasteiger partial charge on any atom is -0.476 e. The van der Waals surface area contributed by atoms with Crippen LogP contribution in [0.1, 0.15) is 44.6 Å². The highest BCUT2D eigenvalue weighted by molar-refractivity contribution is 5.93. The molecule has 5 rings (SSSR count). The number of hydrogen-bond donors (Lipinski definition) is 1. The van der Waals surface area contributed by atoms with Crippen molar-refractivity contribution < 1.29 is 19.0 Å². The average molecular weight is 534 g/mol. The first-order valence-corrected chi connectivity index (χ1v) is 13.4. The van der Waals surface area contributed by atoms with Crippen LogP contribution in [0.5, 0.6) is 11.8 Å². The Bertz CT molecular complexity index is 1500. The van der Waals surface area contributed by atoms with E-state index < -0.39 is 0 Å². The van der Waals surface area contributed by atoms with Crippen molar-refractivity contribution in [3.05, 3.63) is 41.3 Å². The van der Waals surface area contributed by atoms with Gasteiger partial charge >= 0.3 is 5.97 Å². The van der Waals surface area contributed by atoms with Crippen molar-refractivity contribution in [2.75, 3.05) is 26.3 Å². The van der Waals surface area contributed by atoms with Gasteiger partial charge in [0, 0.05) is 25.5 Å². The quantitative estimate of drug-likeness (QED) is 0.372. The minimum absolute atomic E-state index is 0.00454. The van der Waals surface area contributed by atoms with Crippen LogP contribution in [-0.2, 0) is 29.7 Å². The summed E-state index contributed by atoms with van der Waals surface area (Å²) in [6, 6.07) is 6.12. The Balaban J connectivity index is 1.67. The molecule has 1 aliphatic heterocycles. The molecule has 0 unspecified atom stereocenters. The predicted molar refractivity (Wildman–Crippen MR) is 148 cm³/mol. The Hall–Kier alpha value is -4.12. The number of fused-ring (bicyclic) bond motifs is 4. The lowest BCUT2D eigenvalue weighted by molar-refractivity contribution is -0.144. The van der Waals surface area contributed by atoms with E-state index in [1.54, 1.807) is 16.3 Å². The Morgan fingerprint density at radius 1 is 1.21 bits per heavy atom. The highest BCUT2D eigenvalue weighted by Gasteiger charge is 2.24. The summed E-state index contributed by atoms with van der Waals surface area (Å²) in [5.41, 5.74) is 5.29. The van der Waals surface area contributed by atoms with E-state index in [1.807, 2.05) is 44.5 Å². The highest BCUT2D eigenvalue weighted by atomic mass is 16.5. The zero-order chi connectivity index (χ0) is 27.5. The van der Waals surface area contributed by atoms with Crippen LogP contribution >= 0.6 is 0 Å². The SMILES string of the molecule is CCOC(=O)Cn1nc(OCC)c2c1CN(CC)C[C@H](C)Oc1c(cnn1C)-c1ccc3n[nH]c(c3c1)/C=C/2. The lowest BCUT2D eigenvalue weighted by atomic mass is 10.1. The molecular weight excluding hydrogens is 498 g/mol. The van der Waals surface area contributed by atoms with Crippen molar-refractivity contribution in [3.63, 3.8) is 0 Å². The normalized spacial score (nSPS) is 16.7. The minimum atomic E-state index is -0.346. The fourth-order valence-electron chi connectivity index (χ4n) is 4.89. The van der Waals surface area contributed by atoms with Gasteiger partial charge in [-0.25, -0.2) is 4.68 Å². The van der Waals surface area contributed by atoms with E-state index >= 15 is 0 Å². The summed E-state index contributed by atoms with van der Waals surface area (Å²) in [5, 5.41) is 17.8. The molecule has 1 aromatic carbocycles. The summed E-state index contributed by atoms with van der Waals surface area (Å²) in [5.74, 6) is 0.835. The number of likely N-dealkylation sites (N-methyl/N-ethyl adjacent to an activating group) is 1. The molecule has 3 aromatic heterocycles. The molecule has 0 aliphatic carbocycles. The number of carbonyl (C=O) groups is 1. The number of ether oxygens (including phenoxy) is 3. The fraction of sp³-hybridized carbons (Fsp3) is 0.429. The Kier molecular flexibility index (Phi) is 7.69. The van der Waals surface area contributed by atoms with Gasteiger partial charge in [-0.3, -0.25) is 19.5 Å². The number of nitrogens with zero attached hydrogens (tertiary/aromatic N) is 6. The van der Waals surface area contributed by atoms with Crippen molar-refractivity contribution in [1.29, 1.82) is 0 Å². The Morgan fingerprint density at radius 2 is 2.05 bits per heavy atom. The van der Waals surface area contributed by atoms with Crippen LogP contribution in [0.4, 0.5) is 0 Å². The fourth-order valence-corrected chi connectivity index (χ4v) is 4.89. The monoisotopic (exact) mass is 533 g/mol. The van der Waals surface area contributed by atoms with Crippen molar-refractivity contribution in [3.8, 4) is 22.9 Å². The average Bonchev–Trinajstić information content (AvgIpc) is 3.58. The summed E-state index contributed by atoms with van der Waals surface area (Å²) in [6.45, 7) is 10.6. The largest absolute Gasteiger partial charge is 0.476 e. The molecule has 0 amide bonds. The number of carbonyl (C=O) groups excluding carboxylic acids is 1. The molecule has 4 aromatic rings. The molecule has 1 N–H and O–H groups in total. The van der Waals surface area contributed by atoms with E-state index in [2.05, 4.69) is 45.2 Å². The van der Waals surface area contributed by atoms with E-state index in [0.29, 0.717) is 38.1 Å². The zero-order valence-corrected chi connectivity index (χ0v) is 23.1. The number of rotatable bonds is 6. The van der Waals surface area contributed by atoms with Gasteiger partial charge in [-0.1, -0.05) is 13.0 Å². The van der Waals surface area contributed by atoms with E-state index in [0.717, 1.165) is 45.5 Å². The number of aromatic amines is 1. The van der Waals surface area contributed by atoms with Crippen LogP contribution in [0.3, 0.4) is 0 Å². The standard InChI is InChI=1S/C28H35N7O4/c1-6-34-15-18(4)39-28-22(14-29-33(28)5)19-9-11-23-21(13-19)24(31-30-23)12-10-20-25(16-34)35(17-26(36)37-7-2)32-27(20)38-8-3/h9-14,18H,6-8,15-17H2,1-5H3,(H,30,31)/b12-10+/t18-/m0/s1. The summed E-state index contributed by atoms with van der Waals surface area (Å²) in [6.07, 6.45) is 5.67. The molecule has 11 heteroatoms. The van der Waals surface area contributed by atoms with Gasteiger partial charge in [0.15, 0.2) is 0 Å². The van der Waals surface area contributed by atoms with Gasteiger partial charge in [-0.2, -0.15) is 10.2 Å². The predicted octanol–water partition coefficient (Wildman–Crippen LogP) is 3.89. The molecule has 0 spiro atoms. The number of aryl methyl sites for hydroxylation is 1. The van der Waals surface area contributed by atoms with Gasteiger partial charge in [-0.15, -0.1) is 5.10 Å². The molecular formula is C28H35N7O4. The molecule has 0 saturated heterocycles. The molecule has 0 saturated carbocycles. The number of hydrogen-bond acceptors (Lipinski definition) is 8. The molecule has 11 nitrogen and oxygen atoms in total. The maximum absolute atomic E-state index is 12.5. The molecule has 0 fully saturated rings. The van der Waals surface area contributed by atoms with E-state index in [9.17, 15) is 4.79 Å². The number of H-pyrrole nitrogens is 1. The molecule has 1 atom stereocenters. The van der Waals surface area contributed by atoms with Crippen molar-refractivity contribution in [2.45, 2.75) is 46.9 Å². The van der Waals surface area contributed by atoms with Gasteiger partial charge < -0.3 is 14.2 Å². The highest BCUT2D eigenvalue weighted by Crippen LogP contribution is 2.34. The number of benzene rings is 1. The topological polar surface area (TPSA) is 112 Å². The van der Waals surface area contributed by atoms with E-state index in [-0.39, 0.29) is 18.6 Å². The van der Waals surface area contributed by atoms with Crippen LogP contribution in [-0.4, -0.2) is 73.0 Å². The molecule has 39 heavy (non-hydrogen) atoms. The third-order valence-corrected chi connectivity index (χ3v) is 6.77. The first-order chi connectivity index (χ1) is 18.9. The van der Waals surface area contributed by atoms with Crippen LogP contribution in [0.15, 0.2) is 24.4 Å². The summed E-state index contributed by atoms with van der Waals surface area (Å²) < 4.78 is 21.1. The zero-order valence-electron chi connectivity index (χ0n) is 23.1. The lowest BCUT2D eigenvalue weighted by Gasteiger charge is -2.25. The van der Waals surface area contributed by atoms with E-state index in [1.165, 1.54) is 0 Å². The van der Waals surface area contributed by atoms with Crippen LogP contribution in [0, 0.1) is 0 Å². The van der Waals surface area contributed by atoms with Gasteiger partial charge in [0.1, 0.15) is 12.6 Å². The van der Waals surface area contributed by atoms with Gasteiger partial charge in [0.05, 0.1) is 47.4 Å². The Morgan fingerprint density at radius 3 is 2.82 bits per heavy atom. The van der Waals surface area contributed by atoms with Crippen molar-refractivity contribution in [1.82, 2.24) is 34.7 Å². The summed E-state index contributed by atoms with van der Waals surface area (Å²) >= 11 is 0. The summed E-state index contributed by atoms with van der Waals surface area (Å²) in [7, 11) is 1.89. The maximum atomic E-state index is 12.5. The first-order valence-electron chi connectivity index (χ1n) is 13.4. The van der Waals surface area contributed by atoms with Crippen LogP contribution in [0.2, 0.25) is 0 Å². The molecule has 1 aliphatic rings. The number of aromatic nitrogens is 6. The van der Waals surface area contributed by atoms with Gasteiger partial charge in [-0.05, 0) is 57.2 Å². The smallest absolute Gasteiger partial charge is 0.327 e. The third kappa shape index (κ3) is 5.40. The van der Waals surface area contributed by atoms with Crippen molar-refractivity contribution >= 4 is 29.0 Å². The molecule has 0 radical (unpaired) electrons. The van der Waals surface area contributed by atoms with Crippen LogP contribution in [0.25, 0.3) is 34.2 Å². The second-order valence-electron chi connectivity index (χ2n) is 9.51. The Labute approximate surface area is 227 Å². The first kappa shape index (κ1) is 26.5. The van der Waals surface area contributed by atoms with Gasteiger partial charge in [0.2, 0.25) is 11.8 Å². The second kappa shape index (κ2) is 11.3. The molecule has 206 valence electrons. The third-order valence-electron chi connectivity index (χ3n) is 6.77. The molecule has 2 bridgehead atoms. The maximum Gasteiger partial charge on any atom is 0.327 e. The van der Waals surface area contributed by atoms with Gasteiger partial charge in [0.25, 0.3) is 0 Å². The number of esters is 1. The van der Waals surface area contributed by atoms with E-state index in [4.69, 9.17) is 14.2 Å². The second-order valence-corrected chi connectivity index (χ2v) is 9.51. The lowest BCUT2D eigenvalue weighted by Crippen LogP contribution is -2.35. The van der Waals surface area contributed by atoms with Crippen LogP contribution < -0.4 is 9.47 Å². The number of nitrogens with one attached hydrogen (secondary N) is 1. The molecule has 4 heterocycles. The van der Waals surface area contributed by atoms with Crippen molar-refractivity contribution in [2.24, 2.45) is 7.05 Å².